The number of likely N-dealkylation sites (tertiary alicyclic amines) is 2. The predicted molar refractivity (Wildman–Crippen MR) is 85.1 cm³/mol. The van der Waals surface area contributed by atoms with E-state index in [0.717, 1.165) is 31.7 Å². The van der Waals surface area contributed by atoms with Gasteiger partial charge in [-0.2, -0.15) is 0 Å². The lowest BCUT2D eigenvalue weighted by Crippen LogP contribution is -2.55. The lowest BCUT2D eigenvalue weighted by Gasteiger charge is -2.48. The summed E-state index contributed by atoms with van der Waals surface area (Å²) in [6, 6.07) is 0.115. The average Bonchev–Trinajstić information content (AvgIpc) is 2.55. The quantitative estimate of drug-likeness (QED) is 0.807. The van der Waals surface area contributed by atoms with Crippen LogP contribution in [-0.2, 0) is 4.79 Å². The van der Waals surface area contributed by atoms with Crippen molar-refractivity contribution in [3.8, 4) is 0 Å². The second-order valence-corrected chi connectivity index (χ2v) is 7.41. The molecule has 124 valence electrons. The molecule has 1 saturated carbocycles. The maximum atomic E-state index is 13.0. The van der Waals surface area contributed by atoms with Gasteiger partial charge in [0.1, 0.15) is 0 Å². The van der Waals surface area contributed by atoms with E-state index in [1.807, 2.05) is 0 Å². The first-order valence-electron chi connectivity index (χ1n) is 8.92. The number of nitrogens with two attached hydrogens (primary N) is 1. The molecule has 0 bridgehead atoms. The lowest BCUT2D eigenvalue weighted by atomic mass is 9.72. The van der Waals surface area contributed by atoms with Gasteiger partial charge >= 0.3 is 6.03 Å². The Morgan fingerprint density at radius 1 is 0.955 bits per heavy atom. The first-order valence-corrected chi connectivity index (χ1v) is 8.92. The standard InChI is InChI=1S/C17H29N3O2/c1-12-6-11-20(15-5-3-2-4-14(12)15)16(21)13-7-9-19(10-8-13)17(18)22/h12-15H,2-11H2,1H3,(H2,18,22). The van der Waals surface area contributed by atoms with Gasteiger partial charge in [-0.25, -0.2) is 4.79 Å². The van der Waals surface area contributed by atoms with E-state index in [4.69, 9.17) is 5.73 Å². The second kappa shape index (κ2) is 6.47. The molecule has 3 rings (SSSR count). The highest BCUT2D eigenvalue weighted by Gasteiger charge is 2.41. The topological polar surface area (TPSA) is 66.6 Å². The number of primary amides is 1. The van der Waals surface area contributed by atoms with Crippen molar-refractivity contribution >= 4 is 11.9 Å². The zero-order chi connectivity index (χ0) is 15.7. The molecule has 5 heteroatoms. The van der Waals surface area contributed by atoms with Gasteiger partial charge in [-0.15, -0.1) is 0 Å². The molecule has 3 atom stereocenters. The number of urea groups is 1. The van der Waals surface area contributed by atoms with Crippen LogP contribution in [0.15, 0.2) is 0 Å². The first kappa shape index (κ1) is 15.6. The van der Waals surface area contributed by atoms with Crippen molar-refractivity contribution < 1.29 is 9.59 Å². The van der Waals surface area contributed by atoms with Crippen LogP contribution in [-0.4, -0.2) is 47.4 Å². The number of amides is 3. The molecule has 2 heterocycles. The molecule has 2 aliphatic heterocycles. The number of piperidine rings is 2. The molecule has 2 N–H and O–H groups in total. The van der Waals surface area contributed by atoms with E-state index in [0.29, 0.717) is 31.0 Å². The number of carbonyl (C=O) groups is 2. The number of hydrogen-bond donors (Lipinski definition) is 1. The maximum absolute atomic E-state index is 13.0. The molecule has 0 aromatic rings. The van der Waals surface area contributed by atoms with Crippen LogP contribution in [0.2, 0.25) is 0 Å². The molecule has 3 aliphatic rings. The van der Waals surface area contributed by atoms with Crippen molar-refractivity contribution in [2.45, 2.75) is 57.9 Å². The summed E-state index contributed by atoms with van der Waals surface area (Å²) >= 11 is 0. The third-order valence-corrected chi connectivity index (χ3v) is 6.18. The summed E-state index contributed by atoms with van der Waals surface area (Å²) in [7, 11) is 0. The molecule has 0 aromatic heterocycles. The van der Waals surface area contributed by atoms with Gasteiger partial charge in [-0.3, -0.25) is 4.79 Å². The molecule has 1 aliphatic carbocycles. The summed E-state index contributed by atoms with van der Waals surface area (Å²) in [5.74, 6) is 1.89. The van der Waals surface area contributed by atoms with Crippen LogP contribution in [0.1, 0.15) is 51.9 Å². The summed E-state index contributed by atoms with van der Waals surface area (Å²) in [5, 5.41) is 0. The summed E-state index contributed by atoms with van der Waals surface area (Å²) in [6.45, 7) is 4.54. The zero-order valence-corrected chi connectivity index (χ0v) is 13.7. The van der Waals surface area contributed by atoms with Crippen LogP contribution in [0, 0.1) is 17.8 Å². The van der Waals surface area contributed by atoms with Crippen LogP contribution in [0.5, 0.6) is 0 Å². The van der Waals surface area contributed by atoms with Crippen molar-refractivity contribution in [2.75, 3.05) is 19.6 Å². The van der Waals surface area contributed by atoms with Crippen LogP contribution in [0.3, 0.4) is 0 Å². The Bertz CT molecular complexity index is 432. The molecule has 0 spiro atoms. The zero-order valence-electron chi connectivity index (χ0n) is 13.7. The van der Waals surface area contributed by atoms with Crippen molar-refractivity contribution in [3.05, 3.63) is 0 Å². The third-order valence-electron chi connectivity index (χ3n) is 6.18. The number of carbonyl (C=O) groups excluding carboxylic acids is 2. The Kier molecular flexibility index (Phi) is 4.59. The van der Waals surface area contributed by atoms with E-state index in [9.17, 15) is 9.59 Å². The number of nitrogens with zero attached hydrogens (tertiary/aromatic N) is 2. The fourth-order valence-corrected chi connectivity index (χ4v) is 4.77. The summed E-state index contributed by atoms with van der Waals surface area (Å²) in [6.07, 6.45) is 7.74. The van der Waals surface area contributed by atoms with Crippen molar-refractivity contribution in [2.24, 2.45) is 23.5 Å². The molecular formula is C17H29N3O2. The van der Waals surface area contributed by atoms with Gasteiger partial charge in [-0.1, -0.05) is 19.8 Å². The maximum Gasteiger partial charge on any atom is 0.314 e. The Labute approximate surface area is 133 Å². The molecule has 5 nitrogen and oxygen atoms in total. The normalized spacial score (nSPS) is 33.4. The average molecular weight is 307 g/mol. The number of fused-ring (bicyclic) bond motifs is 1. The van der Waals surface area contributed by atoms with Gasteiger partial charge in [-0.05, 0) is 43.9 Å². The van der Waals surface area contributed by atoms with E-state index in [-0.39, 0.29) is 11.9 Å². The van der Waals surface area contributed by atoms with Gasteiger partial charge in [0.05, 0.1) is 0 Å². The monoisotopic (exact) mass is 307 g/mol. The van der Waals surface area contributed by atoms with Gasteiger partial charge in [0.2, 0.25) is 5.91 Å². The fraction of sp³-hybridized carbons (Fsp3) is 0.882. The van der Waals surface area contributed by atoms with E-state index in [2.05, 4.69) is 11.8 Å². The highest BCUT2D eigenvalue weighted by Crippen LogP contribution is 2.39. The van der Waals surface area contributed by atoms with Gasteiger partial charge in [0, 0.05) is 31.6 Å². The minimum atomic E-state index is -0.356. The molecule has 2 saturated heterocycles. The molecule has 0 radical (unpaired) electrons. The minimum Gasteiger partial charge on any atom is -0.351 e. The van der Waals surface area contributed by atoms with Crippen molar-refractivity contribution in [3.63, 3.8) is 0 Å². The lowest BCUT2D eigenvalue weighted by molar-refractivity contribution is -0.144. The Morgan fingerprint density at radius 3 is 2.32 bits per heavy atom. The Hall–Kier alpha value is -1.26. The van der Waals surface area contributed by atoms with Crippen molar-refractivity contribution in [1.29, 1.82) is 0 Å². The van der Waals surface area contributed by atoms with Crippen LogP contribution in [0.4, 0.5) is 4.79 Å². The highest BCUT2D eigenvalue weighted by atomic mass is 16.2. The minimum absolute atomic E-state index is 0.0894. The number of hydrogen-bond acceptors (Lipinski definition) is 2. The number of rotatable bonds is 1. The summed E-state index contributed by atoms with van der Waals surface area (Å²) < 4.78 is 0. The molecule has 3 unspecified atom stereocenters. The Balaban J connectivity index is 1.63. The van der Waals surface area contributed by atoms with Gasteiger partial charge in [0.25, 0.3) is 0 Å². The summed E-state index contributed by atoms with van der Waals surface area (Å²) in [5.41, 5.74) is 5.33. The Morgan fingerprint density at radius 2 is 1.64 bits per heavy atom. The third kappa shape index (κ3) is 2.95. The summed E-state index contributed by atoms with van der Waals surface area (Å²) in [4.78, 5) is 28.1. The predicted octanol–water partition coefficient (Wildman–Crippen LogP) is 2.20. The largest absolute Gasteiger partial charge is 0.351 e. The molecule has 3 amide bonds. The van der Waals surface area contributed by atoms with Crippen LogP contribution < -0.4 is 5.73 Å². The van der Waals surface area contributed by atoms with Gasteiger partial charge in [0.15, 0.2) is 0 Å². The molecule has 3 fully saturated rings. The fourth-order valence-electron chi connectivity index (χ4n) is 4.77. The molecule has 22 heavy (non-hydrogen) atoms. The van der Waals surface area contributed by atoms with Crippen LogP contribution in [0.25, 0.3) is 0 Å². The highest BCUT2D eigenvalue weighted by molar-refractivity contribution is 5.80. The molecule has 0 aromatic carbocycles. The van der Waals surface area contributed by atoms with E-state index in [1.54, 1.807) is 4.90 Å². The van der Waals surface area contributed by atoms with E-state index >= 15 is 0 Å². The van der Waals surface area contributed by atoms with Crippen molar-refractivity contribution in [1.82, 2.24) is 9.80 Å². The molecular weight excluding hydrogens is 278 g/mol. The first-order chi connectivity index (χ1) is 10.6. The van der Waals surface area contributed by atoms with Gasteiger partial charge < -0.3 is 15.5 Å². The van der Waals surface area contributed by atoms with E-state index < -0.39 is 0 Å². The smallest absolute Gasteiger partial charge is 0.314 e. The second-order valence-electron chi connectivity index (χ2n) is 7.41. The van der Waals surface area contributed by atoms with E-state index in [1.165, 1.54) is 25.7 Å². The SMILES string of the molecule is CC1CCN(C(=O)C2CCN(C(N)=O)CC2)C2CCCCC12. The van der Waals surface area contributed by atoms with Crippen LogP contribution >= 0.6 is 0 Å².